The van der Waals surface area contributed by atoms with Crippen LogP contribution in [0.5, 0.6) is 5.75 Å². The van der Waals surface area contributed by atoms with E-state index in [1.807, 2.05) is 0 Å². The first-order chi connectivity index (χ1) is 9.27. The summed E-state index contributed by atoms with van der Waals surface area (Å²) in [6, 6.07) is 4.37. The molecule has 6 nitrogen and oxygen atoms in total. The van der Waals surface area contributed by atoms with Crippen molar-refractivity contribution >= 4 is 32.2 Å². The van der Waals surface area contributed by atoms with Gasteiger partial charge in [0.05, 0.1) is 6.20 Å². The Kier molecular flexibility index (Phi) is 3.78. The van der Waals surface area contributed by atoms with E-state index in [4.69, 9.17) is 0 Å². The van der Waals surface area contributed by atoms with Crippen LogP contribution in [0.15, 0.2) is 28.6 Å². The maximum Gasteiger partial charge on any atom is 0.257 e. The lowest BCUT2D eigenvalue weighted by Gasteiger charge is -2.05. The molecule has 2 aromatic rings. The molecule has 1 amide bonds. The SMILES string of the molecule is Cc1cc(O)ccc1C(=O)Nc1ncc(S(C)(=O)=O)s1. The fourth-order valence-electron chi connectivity index (χ4n) is 1.56. The molecule has 0 aliphatic heterocycles. The van der Waals surface area contributed by atoms with Gasteiger partial charge in [0.25, 0.3) is 5.91 Å². The van der Waals surface area contributed by atoms with Gasteiger partial charge in [0, 0.05) is 11.8 Å². The monoisotopic (exact) mass is 312 g/mol. The number of anilines is 1. The Hall–Kier alpha value is -1.93. The number of aromatic hydroxyl groups is 1. The highest BCUT2D eigenvalue weighted by Crippen LogP contribution is 2.24. The number of benzene rings is 1. The van der Waals surface area contributed by atoms with Gasteiger partial charge in [0.15, 0.2) is 15.0 Å². The third-order valence-corrected chi connectivity index (χ3v) is 5.23. The summed E-state index contributed by atoms with van der Waals surface area (Å²) in [6.07, 6.45) is 2.29. The number of phenols is 1. The molecule has 106 valence electrons. The number of amides is 1. The van der Waals surface area contributed by atoms with Crippen molar-refractivity contribution in [3.05, 3.63) is 35.5 Å². The first-order valence-electron chi connectivity index (χ1n) is 5.54. The lowest BCUT2D eigenvalue weighted by Crippen LogP contribution is -2.12. The van der Waals surface area contributed by atoms with E-state index in [0.29, 0.717) is 11.1 Å². The van der Waals surface area contributed by atoms with Crippen molar-refractivity contribution in [1.82, 2.24) is 4.98 Å². The Morgan fingerprint density at radius 2 is 2.10 bits per heavy atom. The molecular weight excluding hydrogens is 300 g/mol. The lowest BCUT2D eigenvalue weighted by molar-refractivity contribution is 0.102. The number of phenolic OH excluding ortho intramolecular Hbond substituents is 1. The van der Waals surface area contributed by atoms with Crippen molar-refractivity contribution in [3.63, 3.8) is 0 Å². The summed E-state index contributed by atoms with van der Waals surface area (Å²) in [5.74, 6) is -0.329. The van der Waals surface area contributed by atoms with Gasteiger partial charge in [-0.25, -0.2) is 13.4 Å². The number of hydrogen-bond acceptors (Lipinski definition) is 6. The summed E-state index contributed by atoms with van der Waals surface area (Å²) >= 11 is 0.891. The molecule has 2 rings (SSSR count). The van der Waals surface area contributed by atoms with E-state index >= 15 is 0 Å². The Morgan fingerprint density at radius 3 is 2.65 bits per heavy atom. The van der Waals surface area contributed by atoms with Gasteiger partial charge in [-0.3, -0.25) is 10.1 Å². The van der Waals surface area contributed by atoms with Gasteiger partial charge in [-0.2, -0.15) is 0 Å². The van der Waals surface area contributed by atoms with Crippen molar-refractivity contribution in [3.8, 4) is 5.75 Å². The van der Waals surface area contributed by atoms with Crippen LogP contribution in [0.2, 0.25) is 0 Å². The Bertz CT molecular complexity index is 766. The van der Waals surface area contributed by atoms with E-state index in [2.05, 4.69) is 10.3 Å². The third kappa shape index (κ3) is 3.14. The minimum Gasteiger partial charge on any atom is -0.508 e. The quantitative estimate of drug-likeness (QED) is 0.901. The van der Waals surface area contributed by atoms with E-state index < -0.39 is 15.7 Å². The number of aromatic nitrogens is 1. The second-order valence-corrected chi connectivity index (χ2v) is 7.48. The Morgan fingerprint density at radius 1 is 1.40 bits per heavy atom. The molecule has 8 heteroatoms. The fraction of sp³-hybridized carbons (Fsp3) is 0.167. The third-order valence-electron chi connectivity index (χ3n) is 2.53. The molecule has 0 saturated heterocycles. The van der Waals surface area contributed by atoms with E-state index in [0.717, 1.165) is 17.6 Å². The zero-order valence-electron chi connectivity index (χ0n) is 10.7. The van der Waals surface area contributed by atoms with Crippen molar-refractivity contribution in [1.29, 1.82) is 0 Å². The molecule has 0 bridgehead atoms. The number of carbonyl (C=O) groups is 1. The highest BCUT2D eigenvalue weighted by atomic mass is 32.2. The molecule has 20 heavy (non-hydrogen) atoms. The first-order valence-corrected chi connectivity index (χ1v) is 8.25. The number of nitrogens with zero attached hydrogens (tertiary/aromatic N) is 1. The maximum atomic E-state index is 12.0. The van der Waals surface area contributed by atoms with Crippen LogP contribution in [0.1, 0.15) is 15.9 Å². The molecule has 0 saturated carbocycles. The number of carbonyl (C=O) groups excluding carboxylic acids is 1. The summed E-state index contributed by atoms with van der Waals surface area (Å²) < 4.78 is 22.7. The maximum absolute atomic E-state index is 12.0. The van der Waals surface area contributed by atoms with Crippen LogP contribution in [0.25, 0.3) is 0 Å². The predicted octanol–water partition coefficient (Wildman–Crippen LogP) is 1.81. The molecule has 0 spiro atoms. The van der Waals surface area contributed by atoms with Gasteiger partial charge in [0.1, 0.15) is 9.96 Å². The van der Waals surface area contributed by atoms with Gasteiger partial charge in [0.2, 0.25) is 0 Å². The summed E-state index contributed by atoms with van der Waals surface area (Å²) in [5, 5.41) is 12.0. The predicted molar refractivity (Wildman–Crippen MR) is 76.0 cm³/mol. The summed E-state index contributed by atoms with van der Waals surface area (Å²) in [6.45, 7) is 1.69. The van der Waals surface area contributed by atoms with Crippen molar-refractivity contribution < 1.29 is 18.3 Å². The van der Waals surface area contributed by atoms with Crippen LogP contribution >= 0.6 is 11.3 Å². The van der Waals surface area contributed by atoms with E-state index in [1.165, 1.54) is 24.4 Å². The largest absolute Gasteiger partial charge is 0.508 e. The van der Waals surface area contributed by atoms with Crippen LogP contribution < -0.4 is 5.32 Å². The fourth-order valence-corrected chi connectivity index (χ4v) is 3.19. The van der Waals surface area contributed by atoms with Gasteiger partial charge in [-0.1, -0.05) is 11.3 Å². The topological polar surface area (TPSA) is 96.4 Å². The van der Waals surface area contributed by atoms with E-state index in [9.17, 15) is 18.3 Å². The van der Waals surface area contributed by atoms with Crippen LogP contribution in [0.3, 0.4) is 0 Å². The number of nitrogens with one attached hydrogen (secondary N) is 1. The summed E-state index contributed by atoms with van der Waals surface area (Å²) in [7, 11) is -3.32. The average molecular weight is 312 g/mol. The second-order valence-electron chi connectivity index (χ2n) is 4.21. The smallest absolute Gasteiger partial charge is 0.257 e. The molecule has 2 N–H and O–H groups in total. The molecule has 1 aromatic heterocycles. The Balaban J connectivity index is 2.22. The molecule has 0 radical (unpaired) electrons. The number of sulfone groups is 1. The number of thiazole rings is 1. The highest BCUT2D eigenvalue weighted by Gasteiger charge is 2.15. The standard InChI is InChI=1S/C12H12N2O4S2/c1-7-5-8(15)3-4-9(7)11(16)14-12-13-6-10(19-12)20(2,17)18/h3-6,15H,1-2H3,(H,13,14,16). The molecule has 1 heterocycles. The van der Waals surface area contributed by atoms with Gasteiger partial charge < -0.3 is 5.11 Å². The molecule has 1 aromatic carbocycles. The number of hydrogen-bond donors (Lipinski definition) is 2. The van der Waals surface area contributed by atoms with Crippen molar-refractivity contribution in [2.45, 2.75) is 11.1 Å². The van der Waals surface area contributed by atoms with Crippen LogP contribution in [-0.4, -0.2) is 30.7 Å². The van der Waals surface area contributed by atoms with Crippen LogP contribution in [0.4, 0.5) is 5.13 Å². The van der Waals surface area contributed by atoms with Crippen LogP contribution in [0, 0.1) is 6.92 Å². The molecule has 0 fully saturated rings. The van der Waals surface area contributed by atoms with Gasteiger partial charge >= 0.3 is 0 Å². The Labute approximate surface area is 120 Å². The van der Waals surface area contributed by atoms with Crippen molar-refractivity contribution in [2.24, 2.45) is 0 Å². The van der Waals surface area contributed by atoms with E-state index in [1.54, 1.807) is 6.92 Å². The minimum atomic E-state index is -3.32. The molecule has 0 unspecified atom stereocenters. The highest BCUT2D eigenvalue weighted by molar-refractivity contribution is 7.92. The zero-order valence-corrected chi connectivity index (χ0v) is 12.4. The second kappa shape index (κ2) is 5.22. The van der Waals surface area contributed by atoms with E-state index in [-0.39, 0.29) is 15.1 Å². The molecule has 0 atom stereocenters. The molecule has 0 aliphatic rings. The summed E-state index contributed by atoms with van der Waals surface area (Å²) in [4.78, 5) is 15.9. The number of aryl methyl sites for hydroxylation is 1. The number of rotatable bonds is 3. The summed E-state index contributed by atoms with van der Waals surface area (Å²) in [5.41, 5.74) is 1.00. The molecule has 0 aliphatic carbocycles. The van der Waals surface area contributed by atoms with Crippen LogP contribution in [-0.2, 0) is 9.84 Å². The average Bonchev–Trinajstić information content (AvgIpc) is 2.76. The minimum absolute atomic E-state index is 0.0765. The molecular formula is C12H12N2O4S2. The zero-order chi connectivity index (χ0) is 14.9. The van der Waals surface area contributed by atoms with Crippen molar-refractivity contribution in [2.75, 3.05) is 11.6 Å². The normalized spacial score (nSPS) is 11.3. The van der Waals surface area contributed by atoms with Gasteiger partial charge in [-0.15, -0.1) is 0 Å². The van der Waals surface area contributed by atoms with Gasteiger partial charge in [-0.05, 0) is 30.7 Å². The lowest BCUT2D eigenvalue weighted by atomic mass is 10.1. The first kappa shape index (κ1) is 14.5.